The molecule has 0 spiro atoms. The molecule has 0 saturated carbocycles. The summed E-state index contributed by atoms with van der Waals surface area (Å²) in [6.45, 7) is 12.6. The van der Waals surface area contributed by atoms with Crippen molar-refractivity contribution in [2.45, 2.75) is 53.5 Å². The maximum Gasteiger partial charge on any atom is 0.138 e. The summed E-state index contributed by atoms with van der Waals surface area (Å²) in [5.74, 6) is 1.69. The lowest BCUT2D eigenvalue weighted by molar-refractivity contribution is 0.189. The molecule has 1 aromatic heterocycles. The number of hydrogen-bond acceptors (Lipinski definition) is 4. The van der Waals surface area contributed by atoms with Crippen LogP contribution in [0.2, 0.25) is 0 Å². The molecule has 0 fully saturated rings. The molecule has 0 aliphatic carbocycles. The standard InChI is InChI=1S/C16H32N4O/c1-6-7-16(4,12-17-8-9-21-5)10-15-18-13-19-20(15)11-14(2)3/h13-14,17H,6-12H2,1-5H3. The molecule has 1 atom stereocenters. The lowest BCUT2D eigenvalue weighted by Crippen LogP contribution is -2.36. The molecule has 5 heteroatoms. The Morgan fingerprint density at radius 1 is 1.43 bits per heavy atom. The first-order valence-corrected chi connectivity index (χ1v) is 8.07. The molecular weight excluding hydrogens is 264 g/mol. The van der Waals surface area contributed by atoms with Gasteiger partial charge in [0.25, 0.3) is 0 Å². The van der Waals surface area contributed by atoms with Crippen LogP contribution in [0.3, 0.4) is 0 Å². The van der Waals surface area contributed by atoms with Gasteiger partial charge in [-0.15, -0.1) is 0 Å². The maximum absolute atomic E-state index is 5.10. The zero-order valence-electron chi connectivity index (χ0n) is 14.4. The number of nitrogens with one attached hydrogen (secondary N) is 1. The van der Waals surface area contributed by atoms with E-state index >= 15 is 0 Å². The fraction of sp³-hybridized carbons (Fsp3) is 0.875. The molecule has 0 aliphatic heterocycles. The number of aromatic nitrogens is 3. The van der Waals surface area contributed by atoms with Crippen LogP contribution in [0.25, 0.3) is 0 Å². The zero-order chi connectivity index (χ0) is 15.7. The Kier molecular flexibility index (Phi) is 7.89. The Balaban J connectivity index is 2.66. The first-order valence-electron chi connectivity index (χ1n) is 8.07. The minimum absolute atomic E-state index is 0.213. The summed E-state index contributed by atoms with van der Waals surface area (Å²) in [4.78, 5) is 4.48. The van der Waals surface area contributed by atoms with E-state index in [-0.39, 0.29) is 5.41 Å². The Morgan fingerprint density at radius 3 is 2.81 bits per heavy atom. The number of nitrogens with zero attached hydrogens (tertiary/aromatic N) is 3. The summed E-state index contributed by atoms with van der Waals surface area (Å²) in [5.41, 5.74) is 0.213. The normalized spacial score (nSPS) is 14.6. The van der Waals surface area contributed by atoms with E-state index in [0.29, 0.717) is 5.92 Å². The molecule has 5 nitrogen and oxygen atoms in total. The van der Waals surface area contributed by atoms with Crippen LogP contribution >= 0.6 is 0 Å². The van der Waals surface area contributed by atoms with Gasteiger partial charge in [0, 0.05) is 33.2 Å². The van der Waals surface area contributed by atoms with Crippen molar-refractivity contribution in [1.82, 2.24) is 20.1 Å². The van der Waals surface area contributed by atoms with Gasteiger partial charge >= 0.3 is 0 Å². The molecule has 0 aliphatic rings. The van der Waals surface area contributed by atoms with Crippen LogP contribution in [0.1, 0.15) is 46.4 Å². The smallest absolute Gasteiger partial charge is 0.138 e. The van der Waals surface area contributed by atoms with Crippen molar-refractivity contribution >= 4 is 0 Å². The van der Waals surface area contributed by atoms with Gasteiger partial charge in [0.15, 0.2) is 0 Å². The lowest BCUT2D eigenvalue weighted by atomic mass is 9.81. The summed E-state index contributed by atoms with van der Waals surface area (Å²) in [7, 11) is 1.74. The quantitative estimate of drug-likeness (QED) is 0.638. The second-order valence-corrected chi connectivity index (χ2v) is 6.66. The molecule has 0 aromatic carbocycles. The third-order valence-electron chi connectivity index (χ3n) is 3.71. The largest absolute Gasteiger partial charge is 0.383 e. The Bertz CT molecular complexity index is 391. The van der Waals surface area contributed by atoms with Gasteiger partial charge in [-0.25, -0.2) is 9.67 Å². The van der Waals surface area contributed by atoms with Crippen LogP contribution in [0.4, 0.5) is 0 Å². The second kappa shape index (κ2) is 9.15. The highest BCUT2D eigenvalue weighted by atomic mass is 16.5. The first-order chi connectivity index (χ1) is 10.0. The number of hydrogen-bond donors (Lipinski definition) is 1. The Hall–Kier alpha value is -0.940. The SMILES string of the molecule is CCCC(C)(CNCCOC)Cc1ncnn1CC(C)C. The van der Waals surface area contributed by atoms with Gasteiger partial charge in [-0.1, -0.05) is 34.1 Å². The highest BCUT2D eigenvalue weighted by molar-refractivity contribution is 4.93. The summed E-state index contributed by atoms with van der Waals surface area (Å²) in [6, 6.07) is 0. The van der Waals surface area contributed by atoms with E-state index < -0.39 is 0 Å². The Labute approximate surface area is 129 Å². The van der Waals surface area contributed by atoms with Gasteiger partial charge in [-0.3, -0.25) is 0 Å². The molecule has 1 rings (SSSR count). The summed E-state index contributed by atoms with van der Waals surface area (Å²) in [5, 5.41) is 7.88. The van der Waals surface area contributed by atoms with Crippen LogP contribution in [0.5, 0.6) is 0 Å². The van der Waals surface area contributed by atoms with E-state index in [1.54, 1.807) is 13.4 Å². The summed E-state index contributed by atoms with van der Waals surface area (Å²) >= 11 is 0. The molecule has 1 N–H and O–H groups in total. The number of ether oxygens (including phenoxy) is 1. The van der Waals surface area contributed by atoms with Crippen LogP contribution < -0.4 is 5.32 Å². The first kappa shape index (κ1) is 18.1. The third-order valence-corrected chi connectivity index (χ3v) is 3.71. The fourth-order valence-corrected chi connectivity index (χ4v) is 2.71. The maximum atomic E-state index is 5.10. The average molecular weight is 296 g/mol. The van der Waals surface area contributed by atoms with Gasteiger partial charge in [0.1, 0.15) is 12.2 Å². The van der Waals surface area contributed by atoms with Crippen LogP contribution in [-0.2, 0) is 17.7 Å². The predicted molar refractivity (Wildman–Crippen MR) is 86.3 cm³/mol. The molecule has 0 saturated heterocycles. The molecule has 0 bridgehead atoms. The zero-order valence-corrected chi connectivity index (χ0v) is 14.4. The topological polar surface area (TPSA) is 52.0 Å². The molecule has 21 heavy (non-hydrogen) atoms. The monoisotopic (exact) mass is 296 g/mol. The van der Waals surface area contributed by atoms with Gasteiger partial charge < -0.3 is 10.1 Å². The summed E-state index contributed by atoms with van der Waals surface area (Å²) < 4.78 is 7.16. The van der Waals surface area contributed by atoms with Crippen LogP contribution in [-0.4, -0.2) is 41.6 Å². The minimum atomic E-state index is 0.213. The Morgan fingerprint density at radius 2 is 2.19 bits per heavy atom. The van der Waals surface area contributed by atoms with Crippen LogP contribution in [0.15, 0.2) is 6.33 Å². The lowest BCUT2D eigenvalue weighted by Gasteiger charge is -2.29. The second-order valence-electron chi connectivity index (χ2n) is 6.66. The fourth-order valence-electron chi connectivity index (χ4n) is 2.71. The van der Waals surface area contributed by atoms with Gasteiger partial charge in [0.2, 0.25) is 0 Å². The molecule has 0 amide bonds. The molecular formula is C16H32N4O. The average Bonchev–Trinajstić information content (AvgIpc) is 2.81. The molecule has 0 radical (unpaired) electrons. The van der Waals surface area contributed by atoms with Crippen LogP contribution in [0, 0.1) is 11.3 Å². The molecule has 1 unspecified atom stereocenters. The predicted octanol–water partition coefficient (Wildman–Crippen LogP) is 2.52. The van der Waals surface area contributed by atoms with E-state index in [4.69, 9.17) is 4.74 Å². The highest BCUT2D eigenvalue weighted by Crippen LogP contribution is 2.27. The third kappa shape index (κ3) is 6.57. The number of rotatable bonds is 11. The molecule has 122 valence electrons. The highest BCUT2D eigenvalue weighted by Gasteiger charge is 2.26. The van der Waals surface area contributed by atoms with Crippen molar-refractivity contribution in [3.63, 3.8) is 0 Å². The van der Waals surface area contributed by atoms with Crippen molar-refractivity contribution in [3.8, 4) is 0 Å². The minimum Gasteiger partial charge on any atom is -0.383 e. The van der Waals surface area contributed by atoms with Crippen molar-refractivity contribution < 1.29 is 4.74 Å². The van der Waals surface area contributed by atoms with Gasteiger partial charge in [0.05, 0.1) is 6.61 Å². The molecule has 1 heterocycles. The van der Waals surface area contributed by atoms with Crippen molar-refractivity contribution in [2.24, 2.45) is 11.3 Å². The van der Waals surface area contributed by atoms with Crippen molar-refractivity contribution in [1.29, 1.82) is 0 Å². The van der Waals surface area contributed by atoms with E-state index in [2.05, 4.69) is 47.8 Å². The van der Waals surface area contributed by atoms with E-state index in [1.807, 2.05) is 0 Å². The van der Waals surface area contributed by atoms with E-state index in [1.165, 1.54) is 12.8 Å². The van der Waals surface area contributed by atoms with Gasteiger partial charge in [-0.2, -0.15) is 5.10 Å². The summed E-state index contributed by atoms with van der Waals surface area (Å²) in [6.07, 6.45) is 5.01. The van der Waals surface area contributed by atoms with Gasteiger partial charge in [-0.05, 0) is 17.8 Å². The van der Waals surface area contributed by atoms with Crippen molar-refractivity contribution in [2.75, 3.05) is 26.8 Å². The van der Waals surface area contributed by atoms with E-state index in [0.717, 1.165) is 38.5 Å². The number of methoxy groups -OCH3 is 1. The van der Waals surface area contributed by atoms with E-state index in [9.17, 15) is 0 Å². The van der Waals surface area contributed by atoms with Crippen molar-refractivity contribution in [3.05, 3.63) is 12.2 Å². The molecule has 1 aromatic rings.